The Labute approximate surface area is 293 Å². The molecule has 1 aliphatic heterocycles. The Morgan fingerprint density at radius 1 is 0.816 bits per heavy atom. The van der Waals surface area contributed by atoms with Crippen molar-refractivity contribution < 1.29 is 38.2 Å². The first kappa shape index (κ1) is 41.5. The molecule has 1 fully saturated rings. The average Bonchev–Trinajstić information content (AvgIpc) is 3.37. The van der Waals surface area contributed by atoms with Gasteiger partial charge in [0.1, 0.15) is 17.8 Å². The van der Waals surface area contributed by atoms with Gasteiger partial charge in [-0.3, -0.25) is 9.59 Å². The lowest BCUT2D eigenvalue weighted by atomic mass is 10.0. The predicted octanol–water partition coefficient (Wildman–Crippen LogP) is 8.67. The van der Waals surface area contributed by atoms with E-state index < -0.39 is 53.3 Å². The summed E-state index contributed by atoms with van der Waals surface area (Å²) in [4.78, 5) is 68.6. The second-order valence-corrected chi connectivity index (χ2v) is 15.0. The summed E-state index contributed by atoms with van der Waals surface area (Å²) in [6, 6.07) is 6.65. The van der Waals surface area contributed by atoms with Crippen LogP contribution in [0.2, 0.25) is 0 Å². The maximum absolute atomic E-state index is 14.3. The maximum atomic E-state index is 14.3. The van der Waals surface area contributed by atoms with Gasteiger partial charge in [-0.1, -0.05) is 114 Å². The number of benzene rings is 1. The Hall–Kier alpha value is -3.63. The SMILES string of the molecule is CCCCCCCCCCCCCCCC(=O)[C@H](C(=O)N1C(=O)OC[C@@H]1Cc1ccccc1)N(NC(=O)OC(C)(C)C)C(=O)OC(C)(C)C. The van der Waals surface area contributed by atoms with Crippen LogP contribution >= 0.6 is 0 Å². The third-order valence-corrected chi connectivity index (χ3v) is 8.04. The number of nitrogens with one attached hydrogen (secondary N) is 1. The summed E-state index contributed by atoms with van der Waals surface area (Å²) in [6.45, 7) is 11.9. The van der Waals surface area contributed by atoms with E-state index >= 15 is 0 Å². The molecular weight excluding hydrogens is 626 g/mol. The number of carbonyl (C=O) groups is 5. The third kappa shape index (κ3) is 16.1. The summed E-state index contributed by atoms with van der Waals surface area (Å²) in [5.74, 6) is -1.61. The van der Waals surface area contributed by atoms with E-state index in [0.29, 0.717) is 11.4 Å². The molecule has 0 aliphatic carbocycles. The second-order valence-electron chi connectivity index (χ2n) is 15.0. The second kappa shape index (κ2) is 20.8. The van der Waals surface area contributed by atoms with Gasteiger partial charge in [0.15, 0.2) is 11.8 Å². The molecule has 1 aromatic rings. The summed E-state index contributed by atoms with van der Waals surface area (Å²) >= 11 is 0. The largest absolute Gasteiger partial charge is 0.447 e. The Bertz CT molecular complexity index is 1190. The minimum atomic E-state index is -1.89. The zero-order valence-corrected chi connectivity index (χ0v) is 31.0. The van der Waals surface area contributed by atoms with Gasteiger partial charge in [-0.15, -0.1) is 0 Å². The molecule has 276 valence electrons. The topological polar surface area (TPSA) is 132 Å². The number of imide groups is 1. The Morgan fingerprint density at radius 2 is 1.33 bits per heavy atom. The maximum Gasteiger partial charge on any atom is 0.430 e. The van der Waals surface area contributed by atoms with E-state index in [0.717, 1.165) is 36.1 Å². The first-order chi connectivity index (χ1) is 23.1. The standard InChI is InChI=1S/C38H61N3O8/c1-8-9-10-11-12-13-14-15-16-17-18-19-23-26-31(42)32(41(36(46)49-38(5,6)7)39-34(44)48-37(2,3)4)33(43)40-30(28-47-35(40)45)27-29-24-21-20-22-25-29/h20-22,24-25,30,32H,8-19,23,26-28H2,1-7H3,(H,39,44)/t30-,32+/m0/s1. The number of amides is 4. The lowest BCUT2D eigenvalue weighted by Crippen LogP contribution is -2.63. The minimum Gasteiger partial charge on any atom is -0.447 e. The molecule has 1 aliphatic rings. The van der Waals surface area contributed by atoms with Gasteiger partial charge in [0.25, 0.3) is 5.91 Å². The lowest BCUT2D eigenvalue weighted by molar-refractivity contribution is -0.143. The van der Waals surface area contributed by atoms with Gasteiger partial charge in [-0.25, -0.2) is 24.7 Å². The quantitative estimate of drug-likeness (QED) is 0.0662. The van der Waals surface area contributed by atoms with Crippen molar-refractivity contribution in [2.45, 2.75) is 168 Å². The number of carbonyl (C=O) groups excluding carboxylic acids is 5. The number of nitrogens with zero attached hydrogens (tertiary/aromatic N) is 2. The van der Waals surface area contributed by atoms with Crippen LogP contribution < -0.4 is 5.43 Å². The molecule has 2 atom stereocenters. The monoisotopic (exact) mass is 687 g/mol. The number of ether oxygens (including phenoxy) is 3. The van der Waals surface area contributed by atoms with Crippen molar-refractivity contribution in [2.24, 2.45) is 0 Å². The highest BCUT2D eigenvalue weighted by atomic mass is 16.6. The lowest BCUT2D eigenvalue weighted by Gasteiger charge is -2.34. The fraction of sp³-hybridized carbons (Fsp3) is 0.711. The van der Waals surface area contributed by atoms with Crippen LogP contribution in [0.4, 0.5) is 14.4 Å². The zero-order chi connectivity index (χ0) is 36.5. The van der Waals surface area contributed by atoms with Crippen LogP contribution in [0.1, 0.15) is 144 Å². The van der Waals surface area contributed by atoms with Crippen LogP contribution in [0.5, 0.6) is 0 Å². The smallest absolute Gasteiger partial charge is 0.430 e. The third-order valence-electron chi connectivity index (χ3n) is 8.04. The molecule has 0 unspecified atom stereocenters. The van der Waals surface area contributed by atoms with Crippen LogP contribution in [0.15, 0.2) is 30.3 Å². The van der Waals surface area contributed by atoms with Gasteiger partial charge in [0, 0.05) is 6.42 Å². The van der Waals surface area contributed by atoms with E-state index in [1.165, 1.54) is 51.4 Å². The first-order valence-electron chi connectivity index (χ1n) is 18.2. The molecular formula is C38H61N3O8. The molecule has 0 bridgehead atoms. The van der Waals surface area contributed by atoms with Gasteiger partial charge in [-0.05, 0) is 59.9 Å². The highest BCUT2D eigenvalue weighted by molar-refractivity contribution is 6.11. The van der Waals surface area contributed by atoms with Crippen molar-refractivity contribution in [2.75, 3.05) is 6.61 Å². The molecule has 11 nitrogen and oxygen atoms in total. The van der Waals surface area contributed by atoms with Crippen molar-refractivity contribution in [3.63, 3.8) is 0 Å². The molecule has 0 aromatic heterocycles. The predicted molar refractivity (Wildman–Crippen MR) is 189 cm³/mol. The van der Waals surface area contributed by atoms with Crippen LogP contribution in [-0.2, 0) is 30.2 Å². The normalized spacial score (nSPS) is 15.4. The van der Waals surface area contributed by atoms with E-state index in [1.807, 2.05) is 30.3 Å². The molecule has 1 heterocycles. The van der Waals surface area contributed by atoms with Gasteiger partial charge in [-0.2, -0.15) is 5.01 Å². The van der Waals surface area contributed by atoms with E-state index in [1.54, 1.807) is 41.5 Å². The van der Waals surface area contributed by atoms with Crippen molar-refractivity contribution in [3.05, 3.63) is 35.9 Å². The van der Waals surface area contributed by atoms with Crippen molar-refractivity contribution >= 4 is 30.0 Å². The van der Waals surface area contributed by atoms with E-state index in [-0.39, 0.29) is 19.4 Å². The molecule has 49 heavy (non-hydrogen) atoms. The molecule has 2 rings (SSSR count). The number of ketones is 1. The number of hydrogen-bond donors (Lipinski definition) is 1. The van der Waals surface area contributed by atoms with Gasteiger partial charge in [0.2, 0.25) is 0 Å². The van der Waals surface area contributed by atoms with Gasteiger partial charge < -0.3 is 14.2 Å². The zero-order valence-electron chi connectivity index (χ0n) is 31.0. The summed E-state index contributed by atoms with van der Waals surface area (Å²) in [6.07, 6.45) is 11.7. The Morgan fingerprint density at radius 3 is 1.84 bits per heavy atom. The van der Waals surface area contributed by atoms with Crippen molar-refractivity contribution in [1.29, 1.82) is 0 Å². The molecule has 0 saturated carbocycles. The summed E-state index contributed by atoms with van der Waals surface area (Å²) in [5, 5.41) is 0.567. The number of hydrazine groups is 1. The number of rotatable bonds is 19. The van der Waals surface area contributed by atoms with Gasteiger partial charge in [0.05, 0.1) is 6.04 Å². The van der Waals surface area contributed by atoms with E-state index in [2.05, 4.69) is 12.3 Å². The van der Waals surface area contributed by atoms with Crippen LogP contribution in [0, 0.1) is 0 Å². The van der Waals surface area contributed by atoms with Crippen LogP contribution in [0.25, 0.3) is 0 Å². The average molecular weight is 688 g/mol. The highest BCUT2D eigenvalue weighted by Crippen LogP contribution is 2.23. The molecule has 4 amide bonds. The first-order valence-corrected chi connectivity index (χ1v) is 18.2. The number of Topliss-reactive ketones (excluding diaryl/α,β-unsaturated/α-hetero) is 1. The number of unbranched alkanes of at least 4 members (excludes halogenated alkanes) is 12. The van der Waals surface area contributed by atoms with Gasteiger partial charge >= 0.3 is 18.3 Å². The molecule has 1 aromatic carbocycles. The molecule has 1 N–H and O–H groups in total. The Balaban J connectivity index is 2.19. The summed E-state index contributed by atoms with van der Waals surface area (Å²) < 4.78 is 16.1. The molecule has 1 saturated heterocycles. The fourth-order valence-electron chi connectivity index (χ4n) is 5.67. The molecule has 11 heteroatoms. The van der Waals surface area contributed by atoms with E-state index in [4.69, 9.17) is 14.2 Å². The minimum absolute atomic E-state index is 0.0459. The summed E-state index contributed by atoms with van der Waals surface area (Å²) in [5.41, 5.74) is 1.17. The van der Waals surface area contributed by atoms with Crippen molar-refractivity contribution in [1.82, 2.24) is 15.3 Å². The Kier molecular flexibility index (Phi) is 17.6. The molecule has 0 spiro atoms. The summed E-state index contributed by atoms with van der Waals surface area (Å²) in [7, 11) is 0. The van der Waals surface area contributed by atoms with Crippen molar-refractivity contribution in [3.8, 4) is 0 Å². The number of cyclic esters (lactones) is 1. The highest BCUT2D eigenvalue weighted by Gasteiger charge is 2.48. The van der Waals surface area contributed by atoms with Crippen LogP contribution in [-0.4, -0.2) is 69.8 Å². The molecule has 0 radical (unpaired) electrons. The van der Waals surface area contributed by atoms with E-state index in [9.17, 15) is 24.0 Å². The fourth-order valence-corrected chi connectivity index (χ4v) is 5.67. The number of hydrogen-bond acceptors (Lipinski definition) is 8. The van der Waals surface area contributed by atoms with Crippen LogP contribution in [0.3, 0.4) is 0 Å².